The lowest BCUT2D eigenvalue weighted by atomic mass is 10.0. The van der Waals surface area contributed by atoms with E-state index in [1.807, 2.05) is 0 Å². The van der Waals surface area contributed by atoms with E-state index in [1.54, 1.807) is 0 Å². The van der Waals surface area contributed by atoms with Gasteiger partial charge in [-0.3, -0.25) is 4.57 Å². The third-order valence-electron chi connectivity index (χ3n) is 7.88. The summed E-state index contributed by atoms with van der Waals surface area (Å²) in [7, 11) is 0. The molecule has 1 saturated heterocycles. The molecule has 0 saturated carbocycles. The summed E-state index contributed by atoms with van der Waals surface area (Å²) in [6.45, 7) is 1.78. The molecule has 0 bridgehead atoms. The van der Waals surface area contributed by atoms with E-state index in [0.29, 0.717) is 0 Å². The maximum atomic E-state index is 12.3. The highest BCUT2D eigenvalue weighted by molar-refractivity contribution is 5.70. The van der Waals surface area contributed by atoms with E-state index in [9.17, 15) is 24.9 Å². The molecule has 1 aliphatic heterocycles. The third kappa shape index (κ3) is 14.1. The highest BCUT2D eigenvalue weighted by Crippen LogP contribution is 2.28. The van der Waals surface area contributed by atoms with Gasteiger partial charge in [-0.1, -0.05) is 122 Å². The molecule has 4 N–H and O–H groups in total. The topological polar surface area (TPSA) is 143 Å². The normalized spacial score (nSPS) is 20.4. The summed E-state index contributed by atoms with van der Waals surface area (Å²) in [5.41, 5.74) is 1.62. The summed E-state index contributed by atoms with van der Waals surface area (Å²) in [5, 5.41) is 29.1. The lowest BCUT2D eigenvalue weighted by Gasteiger charge is -2.17. The van der Waals surface area contributed by atoms with Gasteiger partial charge in [0.2, 0.25) is 0 Å². The molecule has 0 unspecified atom stereocenters. The van der Waals surface area contributed by atoms with Gasteiger partial charge in [0.1, 0.15) is 18.3 Å². The lowest BCUT2D eigenvalue weighted by Crippen LogP contribution is -2.36. The van der Waals surface area contributed by atoms with E-state index >= 15 is 0 Å². The number of aliphatic hydroxyl groups excluding tert-OH is 3. The van der Waals surface area contributed by atoms with Crippen molar-refractivity contribution in [3.63, 3.8) is 0 Å². The molecule has 1 aromatic heterocycles. The second kappa shape index (κ2) is 21.7. The molecule has 0 spiro atoms. The van der Waals surface area contributed by atoms with Gasteiger partial charge in [-0.15, -0.1) is 0 Å². The minimum absolute atomic E-state index is 0.0412. The molecule has 2 rings (SSSR count). The number of aromatic nitrogens is 2. The van der Waals surface area contributed by atoms with Gasteiger partial charge in [0.05, 0.1) is 6.61 Å². The second-order valence-electron chi connectivity index (χ2n) is 11.4. The van der Waals surface area contributed by atoms with Gasteiger partial charge in [-0.25, -0.2) is 15.1 Å². The number of carbonyl (C=O) groups is 1. The Labute approximate surface area is 245 Å². The van der Waals surface area contributed by atoms with Crippen LogP contribution in [0.15, 0.2) is 17.1 Å². The number of unbranched alkanes of at least 4 members (excludes halogenated alkanes) is 18. The molecule has 2 heterocycles. The van der Waals surface area contributed by atoms with Gasteiger partial charge >= 0.3 is 11.7 Å². The predicted octanol–water partition coefficient (Wildman–Crippen LogP) is 5.55. The Hall–Kier alpha value is -2.01. The molecule has 1 aromatic rings. The molecule has 1 aliphatic rings. The van der Waals surface area contributed by atoms with E-state index in [4.69, 9.17) is 9.57 Å². The average molecular weight is 582 g/mol. The van der Waals surface area contributed by atoms with E-state index in [1.165, 1.54) is 115 Å². The fourth-order valence-corrected chi connectivity index (χ4v) is 5.28. The van der Waals surface area contributed by atoms with Crippen LogP contribution in [0, 0.1) is 0 Å². The van der Waals surface area contributed by atoms with Crippen LogP contribution >= 0.6 is 0 Å². The first-order chi connectivity index (χ1) is 20.0. The summed E-state index contributed by atoms with van der Waals surface area (Å²) < 4.78 is 6.35. The van der Waals surface area contributed by atoms with Crippen LogP contribution in [-0.4, -0.2) is 55.8 Å². The van der Waals surface area contributed by atoms with Crippen molar-refractivity contribution in [3.8, 4) is 0 Å². The number of hydrogen-bond acceptors (Lipinski definition) is 9. The fraction of sp³-hybridized carbons (Fsp3) is 0.839. The number of rotatable bonds is 24. The zero-order valence-electron chi connectivity index (χ0n) is 25.2. The summed E-state index contributed by atoms with van der Waals surface area (Å²) in [6.07, 6.45) is 21.3. The summed E-state index contributed by atoms with van der Waals surface area (Å²) in [6, 6.07) is 1.39. The first kappa shape index (κ1) is 35.2. The van der Waals surface area contributed by atoms with Gasteiger partial charge in [0.15, 0.2) is 12.0 Å². The summed E-state index contributed by atoms with van der Waals surface area (Å²) >= 11 is 0. The minimum atomic E-state index is -1.39. The van der Waals surface area contributed by atoms with Crippen LogP contribution in [0.25, 0.3) is 0 Å². The molecule has 0 aliphatic carbocycles. The van der Waals surface area contributed by atoms with Crippen LogP contribution < -0.4 is 11.2 Å². The average Bonchev–Trinajstić information content (AvgIpc) is 3.26. The molecule has 4 atom stereocenters. The standard InChI is InChI=1S/C31H55N3O7/c1-2-3-4-5-6-7-8-9-10-11-12-13-14-15-16-17-18-19-20-21-27(36)41-33-26-22-23-34(31(39)32-26)30-29(38)28(37)25(24-35)40-30/h22-23,25,28-30,35,37-38H,2-21,24H2,1H3,(H,32,33,39)/t25-,28-,29+,30-/m1/s1. The first-order valence-corrected chi connectivity index (χ1v) is 16.1. The molecule has 0 radical (unpaired) electrons. The van der Waals surface area contributed by atoms with Crippen molar-refractivity contribution in [1.29, 1.82) is 0 Å². The number of hydrogen-bond donors (Lipinski definition) is 4. The van der Waals surface area contributed by atoms with Crippen molar-refractivity contribution in [2.45, 2.75) is 160 Å². The van der Waals surface area contributed by atoms with Gasteiger partial charge in [0, 0.05) is 18.7 Å². The molecule has 10 heteroatoms. The van der Waals surface area contributed by atoms with Crippen molar-refractivity contribution in [2.24, 2.45) is 0 Å². The van der Waals surface area contributed by atoms with Gasteiger partial charge in [-0.05, 0) is 6.42 Å². The molecule has 0 aromatic carbocycles. The number of nitrogens with one attached hydrogen (secondary N) is 1. The van der Waals surface area contributed by atoms with E-state index in [-0.39, 0.29) is 12.2 Å². The van der Waals surface area contributed by atoms with Gasteiger partial charge in [0.25, 0.3) is 0 Å². The maximum Gasteiger partial charge on any atom is 0.351 e. The third-order valence-corrected chi connectivity index (χ3v) is 7.88. The molecule has 41 heavy (non-hydrogen) atoms. The number of anilines is 1. The Bertz CT molecular complexity index is 882. The Morgan fingerprint density at radius 3 is 1.78 bits per heavy atom. The zero-order valence-corrected chi connectivity index (χ0v) is 25.2. The quantitative estimate of drug-likeness (QED) is 0.0913. The summed E-state index contributed by atoms with van der Waals surface area (Å²) in [5.74, 6) is -0.383. The van der Waals surface area contributed by atoms with Crippen molar-refractivity contribution >= 4 is 11.8 Å². The van der Waals surface area contributed by atoms with Crippen molar-refractivity contribution in [2.75, 3.05) is 12.1 Å². The van der Waals surface area contributed by atoms with Crippen molar-refractivity contribution in [3.05, 3.63) is 22.7 Å². The molecule has 10 nitrogen and oxygen atoms in total. The Balaban J connectivity index is 1.41. The smallest absolute Gasteiger partial charge is 0.351 e. The second-order valence-corrected chi connectivity index (χ2v) is 11.4. The predicted molar refractivity (Wildman–Crippen MR) is 159 cm³/mol. The Morgan fingerprint density at radius 2 is 1.34 bits per heavy atom. The van der Waals surface area contributed by atoms with Crippen molar-refractivity contribution in [1.82, 2.24) is 9.55 Å². The van der Waals surface area contributed by atoms with Crippen LogP contribution in [0.5, 0.6) is 0 Å². The van der Waals surface area contributed by atoms with Crippen molar-refractivity contribution < 1.29 is 29.7 Å². The number of ether oxygens (including phenoxy) is 1. The molecule has 236 valence electrons. The van der Waals surface area contributed by atoms with Crippen LogP contribution in [0.1, 0.15) is 142 Å². The Morgan fingerprint density at radius 1 is 0.854 bits per heavy atom. The Kier molecular flexibility index (Phi) is 18.6. The fourth-order valence-electron chi connectivity index (χ4n) is 5.28. The van der Waals surface area contributed by atoms with Crippen LogP contribution in [0.4, 0.5) is 5.82 Å². The molecule has 0 amide bonds. The highest BCUT2D eigenvalue weighted by Gasteiger charge is 2.43. The van der Waals surface area contributed by atoms with Gasteiger partial charge < -0.3 is 24.9 Å². The summed E-state index contributed by atoms with van der Waals surface area (Å²) in [4.78, 5) is 33.1. The van der Waals surface area contributed by atoms with Crippen LogP contribution in [-0.2, 0) is 14.4 Å². The van der Waals surface area contributed by atoms with Gasteiger partial charge in [-0.2, -0.15) is 4.98 Å². The molecular weight excluding hydrogens is 526 g/mol. The van der Waals surface area contributed by atoms with E-state index < -0.39 is 42.8 Å². The van der Waals surface area contributed by atoms with Crippen LogP contribution in [0.3, 0.4) is 0 Å². The van der Waals surface area contributed by atoms with E-state index in [0.717, 1.165) is 23.8 Å². The maximum absolute atomic E-state index is 12.3. The molecule has 1 fully saturated rings. The number of carbonyl (C=O) groups excluding carboxylic acids is 1. The SMILES string of the molecule is CCCCCCCCCCCCCCCCCCCCCC(=O)ONc1ccn([C@@H]2O[C@H](CO)[C@@H](O)[C@@H]2O)c(=O)n1. The van der Waals surface area contributed by atoms with E-state index in [2.05, 4.69) is 17.4 Å². The number of aliphatic hydroxyl groups is 3. The minimum Gasteiger partial charge on any atom is -0.394 e. The highest BCUT2D eigenvalue weighted by atomic mass is 16.7. The number of nitrogens with zero attached hydrogens (tertiary/aromatic N) is 2. The monoisotopic (exact) mass is 581 g/mol. The van der Waals surface area contributed by atoms with Crippen LogP contribution in [0.2, 0.25) is 0 Å². The lowest BCUT2D eigenvalue weighted by molar-refractivity contribution is -0.140. The molecular formula is C31H55N3O7. The first-order valence-electron chi connectivity index (χ1n) is 16.1. The zero-order chi connectivity index (χ0) is 29.7. The largest absolute Gasteiger partial charge is 0.394 e.